The first-order valence-electron chi connectivity index (χ1n) is 7.65. The lowest BCUT2D eigenvalue weighted by Gasteiger charge is -2.21. The third-order valence-electron chi connectivity index (χ3n) is 3.67. The van der Waals surface area contributed by atoms with Gasteiger partial charge in [-0.05, 0) is 50.8 Å². The fourth-order valence-electron chi connectivity index (χ4n) is 2.54. The number of carboxylic acids is 1. The number of carboxylic acid groups (broad SMARTS) is 1. The Morgan fingerprint density at radius 3 is 2.33 bits per heavy atom. The molecule has 7 nitrogen and oxygen atoms in total. The zero-order valence-electron chi connectivity index (χ0n) is 14.5. The summed E-state index contributed by atoms with van der Waals surface area (Å²) >= 11 is 0. The average molecular weight is 337 g/mol. The van der Waals surface area contributed by atoms with Crippen molar-refractivity contribution in [3.63, 3.8) is 0 Å². The van der Waals surface area contributed by atoms with Gasteiger partial charge in [0.25, 0.3) is 0 Å². The number of amides is 1. The lowest BCUT2D eigenvalue weighted by molar-refractivity contribution is -0.138. The number of rotatable bonds is 5. The fraction of sp³-hybridized carbons (Fsp3) is 0.529. The van der Waals surface area contributed by atoms with Gasteiger partial charge in [0.2, 0.25) is 0 Å². The van der Waals surface area contributed by atoms with Crippen molar-refractivity contribution in [2.45, 2.75) is 38.7 Å². The van der Waals surface area contributed by atoms with Gasteiger partial charge in [-0.15, -0.1) is 0 Å². The van der Waals surface area contributed by atoms with Gasteiger partial charge in [-0.2, -0.15) is 0 Å². The summed E-state index contributed by atoms with van der Waals surface area (Å²) in [5.74, 6) is -0.535. The lowest BCUT2D eigenvalue weighted by atomic mass is 10.1. The lowest BCUT2D eigenvalue weighted by Crippen LogP contribution is -2.27. The van der Waals surface area contributed by atoms with Crippen LogP contribution in [-0.2, 0) is 9.53 Å². The van der Waals surface area contributed by atoms with Crippen LogP contribution in [0.1, 0.15) is 38.7 Å². The van der Waals surface area contributed by atoms with Gasteiger partial charge in [0, 0.05) is 0 Å². The molecule has 1 fully saturated rings. The van der Waals surface area contributed by atoms with Gasteiger partial charge in [0.1, 0.15) is 5.60 Å². The van der Waals surface area contributed by atoms with Gasteiger partial charge in [-0.25, -0.2) is 4.79 Å². The number of benzene rings is 1. The van der Waals surface area contributed by atoms with E-state index in [0.717, 1.165) is 5.56 Å². The van der Waals surface area contributed by atoms with Gasteiger partial charge in [-0.3, -0.25) is 10.1 Å². The Morgan fingerprint density at radius 1 is 1.21 bits per heavy atom. The van der Waals surface area contributed by atoms with Crippen LogP contribution < -0.4 is 14.8 Å². The summed E-state index contributed by atoms with van der Waals surface area (Å²) in [4.78, 5) is 23.1. The molecule has 132 valence electrons. The molecule has 1 aromatic carbocycles. The smallest absolute Gasteiger partial charge is 0.412 e. The van der Waals surface area contributed by atoms with Gasteiger partial charge in [0.15, 0.2) is 11.5 Å². The van der Waals surface area contributed by atoms with Crippen molar-refractivity contribution < 1.29 is 28.9 Å². The highest BCUT2D eigenvalue weighted by atomic mass is 16.6. The Morgan fingerprint density at radius 2 is 1.88 bits per heavy atom. The topological polar surface area (TPSA) is 94.1 Å². The van der Waals surface area contributed by atoms with Crippen LogP contribution >= 0.6 is 0 Å². The number of ether oxygens (including phenoxy) is 3. The van der Waals surface area contributed by atoms with E-state index >= 15 is 0 Å². The summed E-state index contributed by atoms with van der Waals surface area (Å²) < 4.78 is 15.9. The Kier molecular flexibility index (Phi) is 4.91. The van der Waals surface area contributed by atoms with Gasteiger partial charge >= 0.3 is 12.1 Å². The third-order valence-corrected chi connectivity index (χ3v) is 3.67. The molecular weight excluding hydrogens is 314 g/mol. The molecule has 2 rings (SSSR count). The second-order valence-corrected chi connectivity index (χ2v) is 6.72. The van der Waals surface area contributed by atoms with Crippen molar-refractivity contribution in [1.82, 2.24) is 0 Å². The van der Waals surface area contributed by atoms with Gasteiger partial charge < -0.3 is 19.3 Å². The molecule has 0 saturated heterocycles. The Hall–Kier alpha value is -2.44. The molecule has 2 atom stereocenters. The first-order valence-corrected chi connectivity index (χ1v) is 7.65. The molecule has 24 heavy (non-hydrogen) atoms. The monoisotopic (exact) mass is 337 g/mol. The van der Waals surface area contributed by atoms with E-state index in [-0.39, 0.29) is 5.92 Å². The summed E-state index contributed by atoms with van der Waals surface area (Å²) in [7, 11) is 2.95. The SMILES string of the molecule is COc1cc(C2CC2C(=O)O)cc(NC(=O)OC(C)(C)C)c1OC. The highest BCUT2D eigenvalue weighted by Gasteiger charge is 2.44. The van der Waals surface area contributed by atoms with E-state index in [1.165, 1.54) is 14.2 Å². The minimum Gasteiger partial charge on any atom is -0.493 e. The number of carbonyl (C=O) groups excluding carboxylic acids is 1. The number of carbonyl (C=O) groups is 2. The summed E-state index contributed by atoms with van der Waals surface area (Å²) in [5, 5.41) is 11.8. The van der Waals surface area contributed by atoms with Crippen LogP contribution in [0.4, 0.5) is 10.5 Å². The van der Waals surface area contributed by atoms with E-state index in [1.807, 2.05) is 0 Å². The Balaban J connectivity index is 2.31. The maximum atomic E-state index is 12.0. The number of hydrogen-bond donors (Lipinski definition) is 2. The van der Waals surface area contributed by atoms with Crippen LogP contribution in [0.2, 0.25) is 0 Å². The Labute approximate surface area is 140 Å². The van der Waals surface area contributed by atoms with Crippen LogP contribution in [0.25, 0.3) is 0 Å². The van der Waals surface area contributed by atoms with E-state index < -0.39 is 23.6 Å². The average Bonchev–Trinajstić information content (AvgIpc) is 3.24. The zero-order valence-corrected chi connectivity index (χ0v) is 14.5. The molecule has 1 aliphatic rings. The fourth-order valence-corrected chi connectivity index (χ4v) is 2.54. The third kappa shape index (κ3) is 4.10. The van der Waals surface area contributed by atoms with Crippen LogP contribution in [0.3, 0.4) is 0 Å². The van der Waals surface area contributed by atoms with Crippen LogP contribution in [0.15, 0.2) is 12.1 Å². The van der Waals surface area contributed by atoms with E-state index in [1.54, 1.807) is 32.9 Å². The van der Waals surface area contributed by atoms with E-state index in [2.05, 4.69) is 5.32 Å². The Bertz CT molecular complexity index is 649. The maximum absolute atomic E-state index is 12.0. The van der Waals surface area contributed by atoms with E-state index in [0.29, 0.717) is 23.6 Å². The molecule has 0 aromatic heterocycles. The quantitative estimate of drug-likeness (QED) is 0.856. The van der Waals surface area contributed by atoms with Crippen molar-refractivity contribution in [2.75, 3.05) is 19.5 Å². The molecule has 2 unspecified atom stereocenters. The predicted octanol–water partition coefficient (Wildman–Crippen LogP) is 3.24. The molecule has 0 spiro atoms. The number of nitrogens with one attached hydrogen (secondary N) is 1. The van der Waals surface area contributed by atoms with E-state index in [9.17, 15) is 9.59 Å². The molecule has 2 N–H and O–H groups in total. The summed E-state index contributed by atoms with van der Waals surface area (Å²) in [5.41, 5.74) is 0.535. The molecule has 1 saturated carbocycles. The van der Waals surface area contributed by atoms with Crippen LogP contribution in [0, 0.1) is 5.92 Å². The van der Waals surface area contributed by atoms with Crippen molar-refractivity contribution in [3.05, 3.63) is 17.7 Å². The largest absolute Gasteiger partial charge is 0.493 e. The molecule has 1 aromatic rings. The minimum absolute atomic E-state index is 0.0958. The van der Waals surface area contributed by atoms with E-state index in [4.69, 9.17) is 19.3 Å². The van der Waals surface area contributed by atoms with Crippen molar-refractivity contribution in [3.8, 4) is 11.5 Å². The highest BCUT2D eigenvalue weighted by molar-refractivity contribution is 5.88. The molecule has 0 bridgehead atoms. The molecule has 0 heterocycles. The molecule has 7 heteroatoms. The van der Waals surface area contributed by atoms with Crippen LogP contribution in [-0.4, -0.2) is 37.0 Å². The first-order chi connectivity index (χ1) is 11.2. The summed E-state index contributed by atoms with van der Waals surface area (Å²) in [6, 6.07) is 3.45. The summed E-state index contributed by atoms with van der Waals surface area (Å²) in [6.07, 6.45) is -0.0537. The summed E-state index contributed by atoms with van der Waals surface area (Å²) in [6.45, 7) is 5.30. The number of anilines is 1. The van der Waals surface area contributed by atoms with Gasteiger partial charge in [-0.1, -0.05) is 0 Å². The van der Waals surface area contributed by atoms with Crippen LogP contribution in [0.5, 0.6) is 11.5 Å². The van der Waals surface area contributed by atoms with Crippen molar-refractivity contribution in [2.24, 2.45) is 5.92 Å². The maximum Gasteiger partial charge on any atom is 0.412 e. The molecule has 0 aliphatic heterocycles. The number of methoxy groups -OCH3 is 2. The van der Waals surface area contributed by atoms with Crippen molar-refractivity contribution >= 4 is 17.7 Å². The predicted molar refractivity (Wildman–Crippen MR) is 87.9 cm³/mol. The molecular formula is C17H23NO6. The molecule has 0 radical (unpaired) electrons. The molecule has 1 aliphatic carbocycles. The standard InChI is InChI=1S/C17H23NO6/c1-17(2,3)24-16(21)18-12-6-9(10-8-11(10)15(19)20)7-13(22-4)14(12)23-5/h6-7,10-11H,8H2,1-5H3,(H,18,21)(H,19,20). The highest BCUT2D eigenvalue weighted by Crippen LogP contribution is 2.50. The first kappa shape index (κ1) is 17.9. The zero-order chi connectivity index (χ0) is 18.1. The number of hydrogen-bond acceptors (Lipinski definition) is 5. The minimum atomic E-state index is -0.823. The normalized spacial score (nSPS) is 19.4. The second-order valence-electron chi connectivity index (χ2n) is 6.72. The molecule has 1 amide bonds. The van der Waals surface area contributed by atoms with Crippen molar-refractivity contribution in [1.29, 1.82) is 0 Å². The van der Waals surface area contributed by atoms with Gasteiger partial charge in [0.05, 0.1) is 25.8 Å². The second kappa shape index (κ2) is 6.59. The number of aliphatic carboxylic acids is 1.